The summed E-state index contributed by atoms with van der Waals surface area (Å²) in [5, 5.41) is 13.7. The molecule has 5 aromatic rings. The molecule has 0 atom stereocenters. The van der Waals surface area contributed by atoms with E-state index in [0.717, 1.165) is 66.8 Å². The largest absolute Gasteiger partial charge is 0.365 e. The molecule has 0 unspecified atom stereocenters. The number of aromatic nitrogens is 7. The molecular weight excluding hydrogens is 438 g/mol. The second-order valence-corrected chi connectivity index (χ2v) is 9.26. The average molecular weight is 468 g/mol. The van der Waals surface area contributed by atoms with Crippen LogP contribution in [0.4, 0.5) is 11.6 Å². The second kappa shape index (κ2) is 8.57. The van der Waals surface area contributed by atoms with Crippen molar-refractivity contribution in [2.24, 2.45) is 7.05 Å². The predicted octanol–water partition coefficient (Wildman–Crippen LogP) is 3.32. The molecule has 9 heteroatoms. The number of aryl methyl sites for hydroxylation is 3. The fraction of sp³-hybridized carbons (Fsp3) is 0.308. The highest BCUT2D eigenvalue weighted by Gasteiger charge is 2.23. The molecule has 0 amide bonds. The van der Waals surface area contributed by atoms with Crippen LogP contribution in [-0.2, 0) is 13.6 Å². The molecule has 1 aromatic carbocycles. The van der Waals surface area contributed by atoms with Gasteiger partial charge in [0.15, 0.2) is 0 Å². The summed E-state index contributed by atoms with van der Waals surface area (Å²) < 4.78 is 5.77. The van der Waals surface area contributed by atoms with Crippen LogP contribution in [0.25, 0.3) is 16.6 Å². The number of piperazine rings is 1. The quantitative estimate of drug-likeness (QED) is 0.395. The first-order valence-electron chi connectivity index (χ1n) is 12.0. The zero-order chi connectivity index (χ0) is 23.9. The first-order chi connectivity index (χ1) is 17.0. The topological polar surface area (TPSA) is 72.3 Å². The molecule has 1 saturated heterocycles. The molecular formula is C26H29N9. The van der Waals surface area contributed by atoms with Crippen molar-refractivity contribution in [1.82, 2.24) is 34.2 Å². The highest BCUT2D eigenvalue weighted by molar-refractivity contribution is 5.75. The molecule has 0 radical (unpaired) electrons. The van der Waals surface area contributed by atoms with Gasteiger partial charge in [0, 0.05) is 56.7 Å². The van der Waals surface area contributed by atoms with E-state index >= 15 is 0 Å². The Labute approximate surface area is 204 Å². The number of nitrogens with zero attached hydrogens (tertiary/aromatic N) is 9. The smallest absolute Gasteiger partial charge is 0.245 e. The average Bonchev–Trinajstić information content (AvgIpc) is 3.59. The predicted molar refractivity (Wildman–Crippen MR) is 137 cm³/mol. The van der Waals surface area contributed by atoms with E-state index in [1.807, 2.05) is 46.4 Å². The zero-order valence-electron chi connectivity index (χ0n) is 20.3. The van der Waals surface area contributed by atoms with Gasteiger partial charge in [-0.3, -0.25) is 4.68 Å². The Hall–Kier alpha value is -4.14. The lowest BCUT2D eigenvalue weighted by Gasteiger charge is -2.35. The van der Waals surface area contributed by atoms with Gasteiger partial charge in [-0.15, -0.1) is 5.10 Å². The van der Waals surface area contributed by atoms with Gasteiger partial charge in [-0.25, -0.2) is 9.20 Å². The Morgan fingerprint density at radius 1 is 0.800 bits per heavy atom. The minimum absolute atomic E-state index is 0.739. The van der Waals surface area contributed by atoms with Crippen LogP contribution in [0, 0.1) is 13.8 Å². The van der Waals surface area contributed by atoms with Crippen molar-refractivity contribution in [3.63, 3.8) is 0 Å². The second-order valence-electron chi connectivity index (χ2n) is 9.26. The van der Waals surface area contributed by atoms with Gasteiger partial charge < -0.3 is 9.80 Å². The van der Waals surface area contributed by atoms with Crippen molar-refractivity contribution in [2.45, 2.75) is 20.4 Å². The van der Waals surface area contributed by atoms with Gasteiger partial charge in [-0.1, -0.05) is 35.9 Å². The molecule has 6 rings (SSSR count). The molecule has 0 saturated carbocycles. The summed E-state index contributed by atoms with van der Waals surface area (Å²) >= 11 is 0. The minimum Gasteiger partial charge on any atom is -0.365 e. The van der Waals surface area contributed by atoms with Gasteiger partial charge in [0.1, 0.15) is 5.82 Å². The molecule has 1 fully saturated rings. The number of benzene rings is 1. The van der Waals surface area contributed by atoms with Gasteiger partial charge in [-0.05, 0) is 25.5 Å². The lowest BCUT2D eigenvalue weighted by Crippen LogP contribution is -2.47. The van der Waals surface area contributed by atoms with E-state index in [2.05, 4.69) is 69.5 Å². The van der Waals surface area contributed by atoms with Crippen LogP contribution < -0.4 is 9.80 Å². The molecule has 0 bridgehead atoms. The van der Waals surface area contributed by atoms with E-state index in [-0.39, 0.29) is 0 Å². The van der Waals surface area contributed by atoms with E-state index in [1.165, 1.54) is 11.1 Å². The lowest BCUT2D eigenvalue weighted by molar-refractivity contribution is 0.624. The molecule has 0 spiro atoms. The maximum absolute atomic E-state index is 4.82. The van der Waals surface area contributed by atoms with Crippen molar-refractivity contribution >= 4 is 17.2 Å². The summed E-state index contributed by atoms with van der Waals surface area (Å²) in [6.45, 7) is 8.42. The van der Waals surface area contributed by atoms with Crippen LogP contribution in [0.5, 0.6) is 0 Å². The van der Waals surface area contributed by atoms with Gasteiger partial charge in [0.25, 0.3) is 0 Å². The Bertz CT molecular complexity index is 1470. The van der Waals surface area contributed by atoms with E-state index in [1.54, 1.807) is 0 Å². The van der Waals surface area contributed by atoms with Crippen LogP contribution in [0.1, 0.15) is 17.0 Å². The molecule has 4 aromatic heterocycles. The molecule has 9 nitrogen and oxygen atoms in total. The van der Waals surface area contributed by atoms with Crippen molar-refractivity contribution in [1.29, 1.82) is 0 Å². The molecule has 1 aliphatic heterocycles. The minimum atomic E-state index is 0.739. The standard InChI is InChI=1S/C26H29N9/c1-19-4-6-21(7-5-19)16-34-20(2)29-26(30-34)33-12-10-32(11-13-33)25-15-28-35-18-22(8-9-24(25)35)23-14-27-31(3)17-23/h4-9,14-15,17-18H,10-13,16H2,1-3H3. The molecule has 0 aliphatic carbocycles. The molecule has 1 aliphatic rings. The Morgan fingerprint density at radius 3 is 2.31 bits per heavy atom. The van der Waals surface area contributed by atoms with Gasteiger partial charge in [0.05, 0.1) is 30.1 Å². The summed E-state index contributed by atoms with van der Waals surface area (Å²) in [5.74, 6) is 1.75. The van der Waals surface area contributed by atoms with E-state index < -0.39 is 0 Å². The van der Waals surface area contributed by atoms with Crippen molar-refractivity contribution in [3.8, 4) is 11.1 Å². The third-order valence-electron chi connectivity index (χ3n) is 6.74. The van der Waals surface area contributed by atoms with Gasteiger partial charge in [0.2, 0.25) is 5.95 Å². The van der Waals surface area contributed by atoms with Gasteiger partial charge >= 0.3 is 0 Å². The summed E-state index contributed by atoms with van der Waals surface area (Å²) in [4.78, 5) is 9.44. The first kappa shape index (κ1) is 21.4. The number of rotatable bonds is 5. The Morgan fingerprint density at radius 2 is 1.57 bits per heavy atom. The summed E-state index contributed by atoms with van der Waals surface area (Å²) in [6, 6.07) is 12.9. The highest BCUT2D eigenvalue weighted by Crippen LogP contribution is 2.27. The highest BCUT2D eigenvalue weighted by atomic mass is 15.4. The number of hydrogen-bond acceptors (Lipinski definition) is 6. The Balaban J connectivity index is 1.14. The molecule has 0 N–H and O–H groups in total. The molecule has 35 heavy (non-hydrogen) atoms. The third kappa shape index (κ3) is 4.14. The molecule has 178 valence electrons. The SMILES string of the molecule is Cc1ccc(Cn2nc(N3CCN(c4cnn5cc(-c6cnn(C)c6)ccc45)CC3)nc2C)cc1. The fourth-order valence-corrected chi connectivity index (χ4v) is 4.66. The summed E-state index contributed by atoms with van der Waals surface area (Å²) in [6.07, 6.45) is 7.93. The third-order valence-corrected chi connectivity index (χ3v) is 6.74. The van der Waals surface area contributed by atoms with Crippen LogP contribution in [0.2, 0.25) is 0 Å². The van der Waals surface area contributed by atoms with Crippen molar-refractivity contribution < 1.29 is 0 Å². The van der Waals surface area contributed by atoms with E-state index in [4.69, 9.17) is 10.1 Å². The normalized spacial score (nSPS) is 14.3. The van der Waals surface area contributed by atoms with Crippen LogP contribution in [0.3, 0.4) is 0 Å². The first-order valence-corrected chi connectivity index (χ1v) is 12.0. The fourth-order valence-electron chi connectivity index (χ4n) is 4.66. The number of fused-ring (bicyclic) bond motifs is 1. The maximum Gasteiger partial charge on any atom is 0.245 e. The van der Waals surface area contributed by atoms with Crippen LogP contribution in [-0.4, -0.2) is 60.3 Å². The monoisotopic (exact) mass is 467 g/mol. The van der Waals surface area contributed by atoms with Crippen LogP contribution >= 0.6 is 0 Å². The lowest BCUT2D eigenvalue weighted by atomic mass is 10.1. The van der Waals surface area contributed by atoms with E-state index in [9.17, 15) is 0 Å². The van der Waals surface area contributed by atoms with Crippen molar-refractivity contribution in [3.05, 3.63) is 78.1 Å². The number of pyridine rings is 1. The zero-order valence-corrected chi connectivity index (χ0v) is 20.3. The summed E-state index contributed by atoms with van der Waals surface area (Å²) in [5.41, 5.74) is 6.97. The van der Waals surface area contributed by atoms with Crippen molar-refractivity contribution in [2.75, 3.05) is 36.0 Å². The molecule has 5 heterocycles. The van der Waals surface area contributed by atoms with E-state index in [0.29, 0.717) is 0 Å². The number of anilines is 2. The Kier molecular flexibility index (Phi) is 5.24. The maximum atomic E-state index is 4.82. The van der Waals surface area contributed by atoms with Crippen LogP contribution in [0.15, 0.2) is 61.2 Å². The van der Waals surface area contributed by atoms with Gasteiger partial charge in [-0.2, -0.15) is 15.2 Å². The number of hydrogen-bond donors (Lipinski definition) is 0. The summed E-state index contributed by atoms with van der Waals surface area (Å²) in [7, 11) is 1.93.